The van der Waals surface area contributed by atoms with Crippen LogP contribution in [-0.4, -0.2) is 38.0 Å². The molecule has 1 saturated heterocycles. The third kappa shape index (κ3) is 4.01. The second kappa shape index (κ2) is 6.11. The first-order valence-electron chi connectivity index (χ1n) is 6.79. The molecule has 116 valence electrons. The minimum Gasteiger partial charge on any atom is -0.326 e. The number of nitrogens with one attached hydrogen (secondary N) is 1. The molecule has 1 aromatic carbocycles. The molecule has 1 N–H and O–H groups in total. The normalized spacial score (nSPS) is 20.2. The van der Waals surface area contributed by atoms with Crippen molar-refractivity contribution in [1.82, 2.24) is 4.31 Å². The molecule has 1 atom stereocenters. The van der Waals surface area contributed by atoms with Crippen LogP contribution in [0.4, 0.5) is 10.1 Å². The lowest BCUT2D eigenvalue weighted by Crippen LogP contribution is -2.43. The van der Waals surface area contributed by atoms with E-state index in [0.29, 0.717) is 30.6 Å². The van der Waals surface area contributed by atoms with Gasteiger partial charge in [0.05, 0.1) is 12.2 Å². The molecule has 1 amide bonds. The van der Waals surface area contributed by atoms with E-state index >= 15 is 0 Å². The van der Waals surface area contributed by atoms with Crippen molar-refractivity contribution in [3.63, 3.8) is 0 Å². The van der Waals surface area contributed by atoms with Crippen LogP contribution in [-0.2, 0) is 14.8 Å². The Balaban J connectivity index is 2.06. The number of benzene rings is 1. The first kappa shape index (κ1) is 15.9. The van der Waals surface area contributed by atoms with E-state index in [9.17, 15) is 17.6 Å². The largest absolute Gasteiger partial charge is 0.326 e. The van der Waals surface area contributed by atoms with Crippen LogP contribution in [0, 0.1) is 18.7 Å². The van der Waals surface area contributed by atoms with Crippen molar-refractivity contribution < 1.29 is 17.6 Å². The Hall–Kier alpha value is -1.47. The van der Waals surface area contributed by atoms with Crippen LogP contribution < -0.4 is 5.32 Å². The highest BCUT2D eigenvalue weighted by Gasteiger charge is 2.30. The van der Waals surface area contributed by atoms with Gasteiger partial charge in [-0.05, 0) is 43.5 Å². The number of sulfonamides is 1. The lowest BCUT2D eigenvalue weighted by molar-refractivity contribution is -0.120. The summed E-state index contributed by atoms with van der Waals surface area (Å²) in [7, 11) is -3.28. The van der Waals surface area contributed by atoms with E-state index in [-0.39, 0.29) is 24.2 Å². The van der Waals surface area contributed by atoms with Crippen LogP contribution in [0.5, 0.6) is 0 Å². The first-order valence-corrected chi connectivity index (χ1v) is 8.64. The van der Waals surface area contributed by atoms with Gasteiger partial charge in [-0.1, -0.05) is 0 Å². The summed E-state index contributed by atoms with van der Waals surface area (Å²) >= 11 is 0. The van der Waals surface area contributed by atoms with Gasteiger partial charge in [0.2, 0.25) is 15.9 Å². The summed E-state index contributed by atoms with van der Waals surface area (Å²) in [5.41, 5.74) is 1.19. The highest BCUT2D eigenvalue weighted by Crippen LogP contribution is 2.22. The predicted molar refractivity (Wildman–Crippen MR) is 78.9 cm³/mol. The summed E-state index contributed by atoms with van der Waals surface area (Å²) < 4.78 is 37.5. The number of hydrogen-bond acceptors (Lipinski definition) is 3. The van der Waals surface area contributed by atoms with Crippen LogP contribution in [0.2, 0.25) is 0 Å². The van der Waals surface area contributed by atoms with E-state index in [4.69, 9.17) is 0 Å². The summed E-state index contributed by atoms with van der Waals surface area (Å²) in [4.78, 5) is 12.3. The summed E-state index contributed by atoms with van der Waals surface area (Å²) in [6, 6.07) is 4.14. The van der Waals surface area contributed by atoms with Crippen molar-refractivity contribution in [2.24, 2.45) is 5.92 Å². The average Bonchev–Trinajstić information content (AvgIpc) is 2.41. The van der Waals surface area contributed by atoms with Crippen LogP contribution >= 0.6 is 0 Å². The number of amides is 1. The number of aryl methyl sites for hydroxylation is 1. The fraction of sp³-hybridized carbons (Fsp3) is 0.500. The Morgan fingerprint density at radius 2 is 2.14 bits per heavy atom. The Bertz CT molecular complexity index is 646. The van der Waals surface area contributed by atoms with Gasteiger partial charge in [0.1, 0.15) is 5.82 Å². The summed E-state index contributed by atoms with van der Waals surface area (Å²) in [6.07, 6.45) is 2.46. The number of anilines is 1. The average molecular weight is 314 g/mol. The van der Waals surface area contributed by atoms with Crippen LogP contribution in [0.15, 0.2) is 18.2 Å². The van der Waals surface area contributed by atoms with E-state index in [1.54, 1.807) is 6.92 Å². The van der Waals surface area contributed by atoms with Gasteiger partial charge in [0.25, 0.3) is 0 Å². The lowest BCUT2D eigenvalue weighted by Gasteiger charge is -2.30. The zero-order valence-electron chi connectivity index (χ0n) is 12.1. The molecule has 1 heterocycles. The minimum atomic E-state index is -3.28. The van der Waals surface area contributed by atoms with E-state index in [2.05, 4.69) is 5.32 Å². The van der Waals surface area contributed by atoms with Crippen molar-refractivity contribution in [2.75, 3.05) is 24.7 Å². The highest BCUT2D eigenvalue weighted by atomic mass is 32.2. The van der Waals surface area contributed by atoms with Crippen molar-refractivity contribution in [1.29, 1.82) is 0 Å². The minimum absolute atomic E-state index is 0.199. The van der Waals surface area contributed by atoms with Gasteiger partial charge < -0.3 is 5.32 Å². The maximum Gasteiger partial charge on any atom is 0.228 e. The molecule has 0 aromatic heterocycles. The maximum atomic E-state index is 13.0. The van der Waals surface area contributed by atoms with E-state index in [0.717, 1.165) is 6.26 Å². The van der Waals surface area contributed by atoms with Gasteiger partial charge in [0.15, 0.2) is 0 Å². The van der Waals surface area contributed by atoms with Gasteiger partial charge >= 0.3 is 0 Å². The molecule has 1 fully saturated rings. The molecule has 5 nitrogen and oxygen atoms in total. The number of carbonyl (C=O) groups excluding carboxylic acids is 1. The molecule has 0 saturated carbocycles. The Morgan fingerprint density at radius 1 is 1.43 bits per heavy atom. The zero-order valence-corrected chi connectivity index (χ0v) is 12.9. The smallest absolute Gasteiger partial charge is 0.228 e. The zero-order chi connectivity index (χ0) is 15.6. The molecule has 7 heteroatoms. The maximum absolute atomic E-state index is 13.0. The van der Waals surface area contributed by atoms with Crippen molar-refractivity contribution in [3.8, 4) is 0 Å². The summed E-state index contributed by atoms with van der Waals surface area (Å²) in [5.74, 6) is -0.956. The van der Waals surface area contributed by atoms with Crippen LogP contribution in [0.3, 0.4) is 0 Å². The quantitative estimate of drug-likeness (QED) is 0.924. The fourth-order valence-corrected chi connectivity index (χ4v) is 3.37. The number of halogens is 1. The number of rotatable bonds is 3. The third-order valence-corrected chi connectivity index (χ3v) is 4.94. The molecule has 1 aliphatic rings. The van der Waals surface area contributed by atoms with E-state index < -0.39 is 10.0 Å². The SMILES string of the molecule is Cc1cc(F)ccc1NC(=O)[C@H]1CCCN(S(C)(=O)=O)C1. The molecule has 0 radical (unpaired) electrons. The Morgan fingerprint density at radius 3 is 2.76 bits per heavy atom. The Labute approximate surface area is 124 Å². The third-order valence-electron chi connectivity index (χ3n) is 3.67. The van der Waals surface area contributed by atoms with Gasteiger partial charge in [-0.15, -0.1) is 0 Å². The number of hydrogen-bond donors (Lipinski definition) is 1. The van der Waals surface area contributed by atoms with E-state index in [1.807, 2.05) is 0 Å². The van der Waals surface area contributed by atoms with Crippen molar-refractivity contribution in [3.05, 3.63) is 29.6 Å². The molecular weight excluding hydrogens is 295 g/mol. The molecule has 2 rings (SSSR count). The first-order chi connectivity index (χ1) is 9.77. The molecular formula is C14H19FN2O3S. The lowest BCUT2D eigenvalue weighted by atomic mass is 9.98. The van der Waals surface area contributed by atoms with Gasteiger partial charge in [-0.25, -0.2) is 17.1 Å². The van der Waals surface area contributed by atoms with Gasteiger partial charge in [-0.2, -0.15) is 0 Å². The topological polar surface area (TPSA) is 66.5 Å². The van der Waals surface area contributed by atoms with Crippen molar-refractivity contribution in [2.45, 2.75) is 19.8 Å². The second-order valence-corrected chi connectivity index (χ2v) is 7.39. The Kier molecular flexibility index (Phi) is 4.63. The molecule has 0 unspecified atom stereocenters. The molecule has 0 bridgehead atoms. The van der Waals surface area contributed by atoms with Gasteiger partial charge in [0, 0.05) is 18.8 Å². The number of nitrogens with zero attached hydrogens (tertiary/aromatic N) is 1. The fourth-order valence-electron chi connectivity index (χ4n) is 2.46. The predicted octanol–water partition coefficient (Wildman–Crippen LogP) is 1.74. The van der Waals surface area contributed by atoms with Crippen LogP contribution in [0.1, 0.15) is 18.4 Å². The van der Waals surface area contributed by atoms with Crippen molar-refractivity contribution >= 4 is 21.6 Å². The van der Waals surface area contributed by atoms with Crippen LogP contribution in [0.25, 0.3) is 0 Å². The summed E-state index contributed by atoms with van der Waals surface area (Å²) in [5, 5.41) is 2.75. The summed E-state index contributed by atoms with van der Waals surface area (Å²) in [6.45, 7) is 2.37. The highest BCUT2D eigenvalue weighted by molar-refractivity contribution is 7.88. The molecule has 1 aliphatic heterocycles. The van der Waals surface area contributed by atoms with E-state index in [1.165, 1.54) is 22.5 Å². The number of piperidine rings is 1. The molecule has 21 heavy (non-hydrogen) atoms. The molecule has 0 aliphatic carbocycles. The second-order valence-electron chi connectivity index (χ2n) is 5.41. The monoisotopic (exact) mass is 314 g/mol. The molecule has 1 aromatic rings. The standard InChI is InChI=1S/C14H19FN2O3S/c1-10-8-12(15)5-6-13(10)16-14(18)11-4-3-7-17(9-11)21(2,19)20/h5-6,8,11H,3-4,7,9H2,1-2H3,(H,16,18)/t11-/m0/s1. The number of carbonyl (C=O) groups is 1. The van der Waals surface area contributed by atoms with Gasteiger partial charge in [-0.3, -0.25) is 4.79 Å². The molecule has 0 spiro atoms.